The maximum absolute atomic E-state index is 11.9. The van der Waals surface area contributed by atoms with Crippen molar-refractivity contribution < 1.29 is 14.1 Å². The standard InChI is InChI=1S/C14H11Cl2N3O3/c1-19(6-5-17)14(20)12-7-9(22-18-12)8-21-13-10(15)3-2-4-11(13)16/h2-4,7H,6,8H2,1H3. The minimum atomic E-state index is -0.410. The van der Waals surface area contributed by atoms with Gasteiger partial charge in [-0.05, 0) is 12.1 Å². The number of para-hydroxylation sites is 1. The van der Waals surface area contributed by atoms with E-state index in [1.165, 1.54) is 18.0 Å². The molecule has 0 saturated carbocycles. The number of aromatic nitrogens is 1. The predicted octanol–water partition coefficient (Wildman–Crippen LogP) is 3.16. The summed E-state index contributed by atoms with van der Waals surface area (Å²) >= 11 is 12.0. The number of carbonyl (C=O) groups excluding carboxylic acids is 1. The fourth-order valence-electron chi connectivity index (χ4n) is 1.62. The maximum Gasteiger partial charge on any atom is 0.276 e. The van der Waals surface area contributed by atoms with Gasteiger partial charge >= 0.3 is 0 Å². The molecule has 0 radical (unpaired) electrons. The van der Waals surface area contributed by atoms with E-state index < -0.39 is 5.91 Å². The summed E-state index contributed by atoms with van der Waals surface area (Å²) in [5, 5.41) is 13.0. The summed E-state index contributed by atoms with van der Waals surface area (Å²) in [5.41, 5.74) is 0.0987. The molecule has 0 atom stereocenters. The zero-order valence-electron chi connectivity index (χ0n) is 11.5. The lowest BCUT2D eigenvalue weighted by Gasteiger charge is -2.09. The van der Waals surface area contributed by atoms with Gasteiger partial charge in [-0.2, -0.15) is 5.26 Å². The first-order chi connectivity index (χ1) is 10.5. The number of halogens is 2. The third-order valence-electron chi connectivity index (χ3n) is 2.71. The quantitative estimate of drug-likeness (QED) is 0.781. The molecule has 0 bridgehead atoms. The molecule has 0 fully saturated rings. The number of nitrogens with zero attached hydrogens (tertiary/aromatic N) is 3. The Balaban J connectivity index is 2.04. The summed E-state index contributed by atoms with van der Waals surface area (Å²) < 4.78 is 10.5. The number of carbonyl (C=O) groups is 1. The van der Waals surface area contributed by atoms with Crippen LogP contribution in [0.1, 0.15) is 16.2 Å². The molecule has 0 aliphatic heterocycles. The Kier molecular flexibility index (Phi) is 5.26. The first kappa shape index (κ1) is 16.1. The van der Waals surface area contributed by atoms with Crippen LogP contribution >= 0.6 is 23.2 Å². The second kappa shape index (κ2) is 7.16. The Morgan fingerprint density at radius 2 is 2.14 bits per heavy atom. The first-order valence-electron chi connectivity index (χ1n) is 6.17. The monoisotopic (exact) mass is 339 g/mol. The average molecular weight is 340 g/mol. The second-order valence-corrected chi connectivity index (χ2v) is 5.15. The average Bonchev–Trinajstić information content (AvgIpc) is 2.95. The van der Waals surface area contributed by atoms with Gasteiger partial charge in [0.1, 0.15) is 13.2 Å². The minimum Gasteiger partial charge on any atom is -0.482 e. The van der Waals surface area contributed by atoms with E-state index in [9.17, 15) is 4.79 Å². The van der Waals surface area contributed by atoms with Gasteiger partial charge in [-0.1, -0.05) is 34.4 Å². The van der Waals surface area contributed by atoms with Crippen LogP contribution in [0.25, 0.3) is 0 Å². The Hall–Kier alpha value is -2.23. The van der Waals surface area contributed by atoms with Gasteiger partial charge in [-0.3, -0.25) is 4.79 Å². The highest BCUT2D eigenvalue weighted by Crippen LogP contribution is 2.32. The molecule has 0 N–H and O–H groups in total. The zero-order valence-corrected chi connectivity index (χ0v) is 13.1. The lowest BCUT2D eigenvalue weighted by molar-refractivity contribution is 0.0801. The third-order valence-corrected chi connectivity index (χ3v) is 3.31. The number of hydrogen-bond donors (Lipinski definition) is 0. The Bertz CT molecular complexity index is 704. The molecule has 22 heavy (non-hydrogen) atoms. The molecular formula is C14H11Cl2N3O3. The van der Waals surface area contributed by atoms with E-state index in [4.69, 9.17) is 37.7 Å². The van der Waals surface area contributed by atoms with Crippen LogP contribution in [0.2, 0.25) is 10.0 Å². The molecule has 0 unspecified atom stereocenters. The van der Waals surface area contributed by atoms with Gasteiger partial charge in [0.05, 0.1) is 16.1 Å². The fraction of sp³-hybridized carbons (Fsp3) is 0.214. The molecule has 1 aromatic carbocycles. The molecule has 1 aromatic heterocycles. The van der Waals surface area contributed by atoms with Gasteiger partial charge in [-0.25, -0.2) is 0 Å². The fourth-order valence-corrected chi connectivity index (χ4v) is 2.13. The topological polar surface area (TPSA) is 79.4 Å². The molecule has 8 heteroatoms. The summed E-state index contributed by atoms with van der Waals surface area (Å²) in [4.78, 5) is 13.1. The van der Waals surface area contributed by atoms with Gasteiger partial charge in [0.15, 0.2) is 17.2 Å². The van der Waals surface area contributed by atoms with Crippen LogP contribution in [0.15, 0.2) is 28.8 Å². The van der Waals surface area contributed by atoms with Gasteiger partial charge in [0, 0.05) is 13.1 Å². The summed E-state index contributed by atoms with van der Waals surface area (Å²) in [7, 11) is 1.50. The molecule has 1 amide bonds. The van der Waals surface area contributed by atoms with E-state index in [1.807, 2.05) is 6.07 Å². The zero-order chi connectivity index (χ0) is 16.1. The van der Waals surface area contributed by atoms with Gasteiger partial charge in [0.2, 0.25) is 0 Å². The van der Waals surface area contributed by atoms with Crippen molar-refractivity contribution in [2.45, 2.75) is 6.61 Å². The van der Waals surface area contributed by atoms with E-state index in [-0.39, 0.29) is 18.8 Å². The number of ether oxygens (including phenoxy) is 1. The smallest absolute Gasteiger partial charge is 0.276 e. The third kappa shape index (κ3) is 3.70. The highest BCUT2D eigenvalue weighted by molar-refractivity contribution is 6.37. The van der Waals surface area contributed by atoms with Gasteiger partial charge < -0.3 is 14.2 Å². The molecule has 1 heterocycles. The van der Waals surface area contributed by atoms with Crippen LogP contribution in [-0.4, -0.2) is 29.6 Å². The molecule has 2 rings (SSSR count). The van der Waals surface area contributed by atoms with Gasteiger partial charge in [-0.15, -0.1) is 0 Å². The summed E-state index contributed by atoms with van der Waals surface area (Å²) in [5.74, 6) is 0.258. The molecule has 2 aromatic rings. The van der Waals surface area contributed by atoms with Crippen molar-refractivity contribution in [1.82, 2.24) is 10.1 Å². The minimum absolute atomic E-state index is 0.0195. The van der Waals surface area contributed by atoms with Crippen LogP contribution in [-0.2, 0) is 6.61 Å². The number of nitriles is 1. The summed E-state index contributed by atoms with van der Waals surface area (Å²) in [6, 6.07) is 8.32. The Morgan fingerprint density at radius 3 is 2.77 bits per heavy atom. The van der Waals surface area contributed by atoms with Crippen LogP contribution in [0.5, 0.6) is 5.75 Å². The van der Waals surface area contributed by atoms with Crippen molar-refractivity contribution in [2.75, 3.05) is 13.6 Å². The number of hydrogen-bond acceptors (Lipinski definition) is 5. The van der Waals surface area contributed by atoms with Crippen molar-refractivity contribution in [3.05, 3.63) is 45.8 Å². The predicted molar refractivity (Wildman–Crippen MR) is 79.9 cm³/mol. The first-order valence-corrected chi connectivity index (χ1v) is 6.93. The summed E-state index contributed by atoms with van der Waals surface area (Å²) in [6.45, 7) is -0.0154. The van der Waals surface area contributed by atoms with E-state index in [0.717, 1.165) is 0 Å². The summed E-state index contributed by atoms with van der Waals surface area (Å²) in [6.07, 6.45) is 0. The molecule has 6 nitrogen and oxygen atoms in total. The molecule has 0 aliphatic carbocycles. The van der Waals surface area contributed by atoms with Crippen LogP contribution in [0.4, 0.5) is 0 Å². The Labute approximate surface area is 136 Å². The van der Waals surface area contributed by atoms with Crippen molar-refractivity contribution in [3.8, 4) is 11.8 Å². The van der Waals surface area contributed by atoms with E-state index in [2.05, 4.69) is 5.16 Å². The highest BCUT2D eigenvalue weighted by Gasteiger charge is 2.17. The molecule has 0 aliphatic rings. The maximum atomic E-state index is 11.9. The van der Waals surface area contributed by atoms with E-state index >= 15 is 0 Å². The Morgan fingerprint density at radius 1 is 1.45 bits per heavy atom. The van der Waals surface area contributed by atoms with Crippen molar-refractivity contribution >= 4 is 29.1 Å². The number of benzene rings is 1. The largest absolute Gasteiger partial charge is 0.482 e. The van der Waals surface area contributed by atoms with Crippen LogP contribution in [0.3, 0.4) is 0 Å². The molecule has 0 saturated heterocycles. The highest BCUT2D eigenvalue weighted by atomic mass is 35.5. The lowest BCUT2D eigenvalue weighted by atomic mass is 10.3. The molecule has 114 valence electrons. The van der Waals surface area contributed by atoms with Crippen molar-refractivity contribution in [1.29, 1.82) is 5.26 Å². The SMILES string of the molecule is CN(CC#N)C(=O)c1cc(COc2c(Cl)cccc2Cl)on1. The second-order valence-electron chi connectivity index (χ2n) is 4.34. The van der Waals surface area contributed by atoms with Crippen LogP contribution in [0, 0.1) is 11.3 Å². The van der Waals surface area contributed by atoms with Gasteiger partial charge in [0.25, 0.3) is 5.91 Å². The van der Waals surface area contributed by atoms with Crippen molar-refractivity contribution in [3.63, 3.8) is 0 Å². The van der Waals surface area contributed by atoms with Crippen molar-refractivity contribution in [2.24, 2.45) is 0 Å². The van der Waals surface area contributed by atoms with Crippen LogP contribution < -0.4 is 4.74 Å². The molecule has 0 spiro atoms. The number of rotatable bonds is 5. The van der Waals surface area contributed by atoms with E-state index in [0.29, 0.717) is 21.6 Å². The lowest BCUT2D eigenvalue weighted by Crippen LogP contribution is -2.27. The normalized spacial score (nSPS) is 10.1. The number of amides is 1. The van der Waals surface area contributed by atoms with E-state index in [1.54, 1.807) is 18.2 Å². The molecular weight excluding hydrogens is 329 g/mol.